The smallest absolute Gasteiger partial charge is 0.243 e. The predicted molar refractivity (Wildman–Crippen MR) is 195 cm³/mol. The summed E-state index contributed by atoms with van der Waals surface area (Å²) in [6.45, 7) is 15.2. The molecule has 0 saturated heterocycles. The zero-order chi connectivity index (χ0) is 34.8. The number of thiazole rings is 2. The zero-order valence-corrected chi connectivity index (χ0v) is 31.3. The lowest BCUT2D eigenvalue weighted by molar-refractivity contribution is -0.116. The molecule has 47 heavy (non-hydrogen) atoms. The van der Waals surface area contributed by atoms with Crippen LogP contribution < -0.4 is 5.32 Å². The summed E-state index contributed by atoms with van der Waals surface area (Å²) in [6.07, 6.45) is 1.37. The van der Waals surface area contributed by atoms with E-state index in [1.807, 2.05) is 64.4 Å². The van der Waals surface area contributed by atoms with Gasteiger partial charge in [0.05, 0.1) is 26.2 Å². The van der Waals surface area contributed by atoms with Crippen molar-refractivity contribution in [2.45, 2.75) is 71.1 Å². The van der Waals surface area contributed by atoms with E-state index in [0.29, 0.717) is 48.3 Å². The fraction of sp³-hybridized carbons (Fsp3) is 0.424. The second-order valence-electron chi connectivity index (χ2n) is 10.9. The van der Waals surface area contributed by atoms with Crippen molar-refractivity contribution in [3.05, 3.63) is 64.3 Å². The van der Waals surface area contributed by atoms with Gasteiger partial charge in [-0.15, -0.1) is 22.7 Å². The Bertz CT molecular complexity index is 1800. The summed E-state index contributed by atoms with van der Waals surface area (Å²) < 4.78 is 52.7. The molecule has 2 aromatic carbocycles. The number of carbonyl (C=O) groups excluding carboxylic acids is 1. The van der Waals surface area contributed by atoms with Gasteiger partial charge in [0, 0.05) is 55.9 Å². The maximum absolute atomic E-state index is 12.5. The lowest BCUT2D eigenvalue weighted by Gasteiger charge is -2.18. The minimum Gasteiger partial charge on any atom is -0.302 e. The van der Waals surface area contributed by atoms with Crippen molar-refractivity contribution in [3.63, 3.8) is 0 Å². The molecule has 0 saturated carbocycles. The molecule has 0 bridgehead atoms. The summed E-state index contributed by atoms with van der Waals surface area (Å²) in [4.78, 5) is 21.4. The van der Waals surface area contributed by atoms with Crippen LogP contribution in [0.3, 0.4) is 0 Å². The number of carbonyl (C=O) groups is 1. The summed E-state index contributed by atoms with van der Waals surface area (Å²) in [5.41, 5.74) is 3.37. The van der Waals surface area contributed by atoms with E-state index in [-0.39, 0.29) is 18.1 Å². The van der Waals surface area contributed by atoms with E-state index >= 15 is 0 Å². The Balaban J connectivity index is 0.000000334. The lowest BCUT2D eigenvalue weighted by Crippen LogP contribution is -2.30. The summed E-state index contributed by atoms with van der Waals surface area (Å²) >= 11 is 2.98. The Morgan fingerprint density at radius 3 is 1.53 bits per heavy atom. The van der Waals surface area contributed by atoms with Gasteiger partial charge in [-0.1, -0.05) is 72.7 Å². The van der Waals surface area contributed by atoms with Gasteiger partial charge in [0.15, 0.2) is 5.13 Å². The molecule has 1 N–H and O–H groups in total. The van der Waals surface area contributed by atoms with Crippen LogP contribution in [0, 0.1) is 5.92 Å². The number of aromatic nitrogens is 2. The number of rotatable bonds is 14. The van der Waals surface area contributed by atoms with Gasteiger partial charge in [-0.3, -0.25) is 4.79 Å². The van der Waals surface area contributed by atoms with E-state index in [9.17, 15) is 21.6 Å². The molecule has 10 nitrogen and oxygen atoms in total. The monoisotopic (exact) mass is 721 g/mol. The first-order valence-electron chi connectivity index (χ1n) is 15.7. The highest BCUT2D eigenvalue weighted by atomic mass is 32.2. The summed E-state index contributed by atoms with van der Waals surface area (Å²) in [5, 5.41) is 8.28. The van der Waals surface area contributed by atoms with Gasteiger partial charge in [-0.05, 0) is 36.6 Å². The highest BCUT2D eigenvalue weighted by Gasteiger charge is 2.22. The Kier molecular flexibility index (Phi) is 14.2. The summed E-state index contributed by atoms with van der Waals surface area (Å²) in [5.74, 6) is 0.233. The third kappa shape index (κ3) is 10.00. The Hall–Kier alpha value is -3.01. The lowest BCUT2D eigenvalue weighted by atomic mass is 10.1. The molecule has 0 fully saturated rings. The molecule has 0 radical (unpaired) electrons. The van der Waals surface area contributed by atoms with Crippen molar-refractivity contribution >= 4 is 53.8 Å². The number of nitrogens with zero attached hydrogens (tertiary/aromatic N) is 4. The molecule has 1 amide bonds. The SMILES string of the molecule is CCN(CC)S(=O)(=O)c1ccc(-c2csc(NC(=O)CC(C)C)n2)cc1.CCc1nc(-c2ccc(S(=O)(=O)N(CC)CC)cc2)cs1.[HH]. The molecular weight excluding hydrogens is 675 g/mol. The van der Waals surface area contributed by atoms with Gasteiger partial charge >= 0.3 is 0 Å². The van der Waals surface area contributed by atoms with Gasteiger partial charge in [-0.25, -0.2) is 26.8 Å². The van der Waals surface area contributed by atoms with Crippen LogP contribution in [0.2, 0.25) is 0 Å². The Labute approximate surface area is 289 Å². The van der Waals surface area contributed by atoms with Gasteiger partial charge in [0.2, 0.25) is 26.0 Å². The van der Waals surface area contributed by atoms with Crippen molar-refractivity contribution in [2.75, 3.05) is 31.5 Å². The second-order valence-corrected chi connectivity index (χ2v) is 16.6. The van der Waals surface area contributed by atoms with Crippen molar-refractivity contribution in [2.24, 2.45) is 5.92 Å². The largest absolute Gasteiger partial charge is 0.302 e. The maximum atomic E-state index is 12.5. The number of anilines is 1. The van der Waals surface area contributed by atoms with Crippen LogP contribution in [0.5, 0.6) is 0 Å². The van der Waals surface area contributed by atoms with Crippen LogP contribution in [-0.4, -0.2) is 67.5 Å². The standard InChI is InChI=1S/C18H25N3O3S2.C15H20N2O2S2.H2/c1-5-21(6-2)26(23,24)15-9-7-14(8-10-15)16-12-25-18(19-16)20-17(22)11-13(3)4;1-4-15-16-14(11-20-15)12-7-9-13(10-8-12)21(18,19)17(5-2)6-3;/h7-10,12-13H,5-6,11H2,1-4H3,(H,19,20,22);7-11H,4-6H2,1-3H3;1H. The number of amides is 1. The molecule has 0 aliphatic heterocycles. The number of benzene rings is 2. The van der Waals surface area contributed by atoms with Crippen molar-refractivity contribution < 1.29 is 23.1 Å². The van der Waals surface area contributed by atoms with E-state index in [4.69, 9.17) is 0 Å². The molecule has 14 heteroatoms. The van der Waals surface area contributed by atoms with Crippen LogP contribution in [0.15, 0.2) is 69.1 Å². The minimum atomic E-state index is -3.46. The number of nitrogens with one attached hydrogen (secondary N) is 1. The molecule has 4 aromatic rings. The van der Waals surface area contributed by atoms with Crippen LogP contribution in [0.25, 0.3) is 22.5 Å². The van der Waals surface area contributed by atoms with Crippen LogP contribution in [-0.2, 0) is 31.3 Å². The number of aryl methyl sites for hydroxylation is 1. The quantitative estimate of drug-likeness (QED) is 0.143. The fourth-order valence-corrected chi connectivity index (χ4v) is 9.04. The summed E-state index contributed by atoms with van der Waals surface area (Å²) in [7, 11) is -6.85. The van der Waals surface area contributed by atoms with Gasteiger partial charge < -0.3 is 5.32 Å². The van der Waals surface area contributed by atoms with E-state index < -0.39 is 20.0 Å². The van der Waals surface area contributed by atoms with Crippen LogP contribution in [0.4, 0.5) is 5.13 Å². The van der Waals surface area contributed by atoms with Gasteiger partial charge in [0.1, 0.15) is 0 Å². The van der Waals surface area contributed by atoms with E-state index in [0.717, 1.165) is 28.2 Å². The maximum Gasteiger partial charge on any atom is 0.243 e. The van der Waals surface area contributed by atoms with E-state index in [1.165, 1.54) is 19.9 Å². The molecule has 2 aromatic heterocycles. The minimum absolute atomic E-state index is 0. The normalized spacial score (nSPS) is 12.0. The zero-order valence-electron chi connectivity index (χ0n) is 28.1. The molecule has 258 valence electrons. The molecule has 0 atom stereocenters. The number of hydrogen-bond donors (Lipinski definition) is 1. The van der Waals surface area contributed by atoms with E-state index in [1.54, 1.807) is 47.7 Å². The van der Waals surface area contributed by atoms with Gasteiger partial charge in [-0.2, -0.15) is 8.61 Å². The third-order valence-electron chi connectivity index (χ3n) is 7.18. The molecular formula is C33H47N5O5S4. The average Bonchev–Trinajstić information content (AvgIpc) is 3.72. The molecule has 0 unspecified atom stereocenters. The average molecular weight is 722 g/mol. The molecule has 0 aliphatic rings. The molecule has 0 aliphatic carbocycles. The van der Waals surface area contributed by atoms with E-state index in [2.05, 4.69) is 22.2 Å². The predicted octanol–water partition coefficient (Wildman–Crippen LogP) is 7.47. The van der Waals surface area contributed by atoms with Crippen molar-refractivity contribution in [1.29, 1.82) is 0 Å². The molecule has 2 heterocycles. The Morgan fingerprint density at radius 1 is 0.723 bits per heavy atom. The third-order valence-corrected chi connectivity index (χ3v) is 13.1. The topological polar surface area (TPSA) is 130 Å². The summed E-state index contributed by atoms with van der Waals surface area (Å²) in [6, 6.07) is 13.6. The first kappa shape index (κ1) is 38.4. The second kappa shape index (κ2) is 17.4. The van der Waals surface area contributed by atoms with Gasteiger partial charge in [0.25, 0.3) is 0 Å². The first-order chi connectivity index (χ1) is 22.3. The first-order valence-corrected chi connectivity index (χ1v) is 20.3. The number of sulfonamides is 2. The number of hydrogen-bond acceptors (Lipinski definition) is 9. The molecule has 0 spiro atoms. The molecule has 4 rings (SSSR count). The highest BCUT2D eigenvalue weighted by Crippen LogP contribution is 2.27. The van der Waals surface area contributed by atoms with Crippen molar-refractivity contribution in [3.8, 4) is 22.5 Å². The Morgan fingerprint density at radius 2 is 1.15 bits per heavy atom. The van der Waals surface area contributed by atoms with Crippen LogP contribution >= 0.6 is 22.7 Å². The highest BCUT2D eigenvalue weighted by molar-refractivity contribution is 7.89. The van der Waals surface area contributed by atoms with Crippen LogP contribution in [0.1, 0.15) is 61.3 Å². The van der Waals surface area contributed by atoms with Crippen molar-refractivity contribution in [1.82, 2.24) is 18.6 Å². The fourth-order valence-electron chi connectivity index (χ4n) is 4.63.